The smallest absolute Gasteiger partial charge is 0.306 e. The number of hydrogen-bond acceptors (Lipinski definition) is 7. The van der Waals surface area contributed by atoms with Crippen molar-refractivity contribution in [2.24, 2.45) is 0 Å². The van der Waals surface area contributed by atoms with Crippen molar-refractivity contribution in [3.63, 3.8) is 0 Å². The van der Waals surface area contributed by atoms with Gasteiger partial charge < -0.3 is 23.7 Å². The van der Waals surface area contributed by atoms with Gasteiger partial charge in [0.1, 0.15) is 11.5 Å². The summed E-state index contributed by atoms with van der Waals surface area (Å²) in [6, 6.07) is 10.4. The number of ether oxygens (including phenoxy) is 5. The fourth-order valence-electron chi connectivity index (χ4n) is 2.67. The van der Waals surface area contributed by atoms with Crippen LogP contribution in [0.2, 0.25) is 0 Å². The highest BCUT2D eigenvalue weighted by Gasteiger charge is 2.17. The van der Waals surface area contributed by atoms with Crippen molar-refractivity contribution in [3.8, 4) is 23.0 Å². The van der Waals surface area contributed by atoms with E-state index in [4.69, 9.17) is 23.7 Å². The Hall–Kier alpha value is -3.22. The molecule has 27 heavy (non-hydrogen) atoms. The molecule has 0 unspecified atom stereocenters. The van der Waals surface area contributed by atoms with E-state index >= 15 is 0 Å². The molecule has 2 aromatic rings. The number of rotatable bonds is 8. The van der Waals surface area contributed by atoms with Crippen LogP contribution in [0, 0.1) is 0 Å². The standard InChI is InChI=1S/C20H20O7/c1-23-14-5-7-17(24-2)15(10-14)16(21)11-25-20(22)8-4-13-3-6-18-19(9-13)27-12-26-18/h3,5-7,9-10H,4,8,11-12H2,1-2H3. The first-order chi connectivity index (χ1) is 13.1. The maximum absolute atomic E-state index is 12.4. The summed E-state index contributed by atoms with van der Waals surface area (Å²) < 4.78 is 26.0. The summed E-state index contributed by atoms with van der Waals surface area (Å²) in [4.78, 5) is 24.3. The van der Waals surface area contributed by atoms with Gasteiger partial charge in [-0.05, 0) is 42.3 Å². The van der Waals surface area contributed by atoms with Gasteiger partial charge in [-0.25, -0.2) is 0 Å². The van der Waals surface area contributed by atoms with Crippen LogP contribution < -0.4 is 18.9 Å². The van der Waals surface area contributed by atoms with Crippen LogP contribution in [0.3, 0.4) is 0 Å². The first-order valence-electron chi connectivity index (χ1n) is 8.40. The van der Waals surface area contributed by atoms with Crippen molar-refractivity contribution in [1.82, 2.24) is 0 Å². The lowest BCUT2D eigenvalue weighted by Gasteiger charge is -2.10. The zero-order chi connectivity index (χ0) is 19.2. The summed E-state index contributed by atoms with van der Waals surface area (Å²) in [5.41, 5.74) is 1.23. The molecule has 1 aliphatic rings. The van der Waals surface area contributed by atoms with Gasteiger partial charge in [0.2, 0.25) is 12.6 Å². The zero-order valence-corrected chi connectivity index (χ0v) is 15.2. The molecule has 7 nitrogen and oxygen atoms in total. The van der Waals surface area contributed by atoms with E-state index in [0.29, 0.717) is 35.0 Å². The molecular formula is C20H20O7. The predicted octanol–water partition coefficient (Wildman–Crippen LogP) is 2.79. The molecule has 1 aliphatic heterocycles. The van der Waals surface area contributed by atoms with Gasteiger partial charge >= 0.3 is 5.97 Å². The molecule has 0 aliphatic carbocycles. The van der Waals surface area contributed by atoms with Crippen molar-refractivity contribution < 1.29 is 33.3 Å². The van der Waals surface area contributed by atoms with Crippen LogP contribution in [0.15, 0.2) is 36.4 Å². The van der Waals surface area contributed by atoms with E-state index in [1.54, 1.807) is 18.2 Å². The highest BCUT2D eigenvalue weighted by molar-refractivity contribution is 6.00. The van der Waals surface area contributed by atoms with Crippen LogP contribution in [0.5, 0.6) is 23.0 Å². The third-order valence-electron chi connectivity index (χ3n) is 4.13. The van der Waals surface area contributed by atoms with E-state index < -0.39 is 5.97 Å². The van der Waals surface area contributed by atoms with Gasteiger partial charge in [0, 0.05) is 6.42 Å². The van der Waals surface area contributed by atoms with E-state index in [1.807, 2.05) is 18.2 Å². The third kappa shape index (κ3) is 4.49. The van der Waals surface area contributed by atoms with Crippen LogP contribution in [-0.4, -0.2) is 39.4 Å². The molecule has 0 fully saturated rings. The van der Waals surface area contributed by atoms with E-state index in [2.05, 4.69) is 0 Å². The molecule has 3 rings (SSSR count). The molecule has 0 saturated carbocycles. The van der Waals surface area contributed by atoms with Crippen LogP contribution in [0.25, 0.3) is 0 Å². The van der Waals surface area contributed by atoms with Gasteiger partial charge in [-0.15, -0.1) is 0 Å². The van der Waals surface area contributed by atoms with Crippen LogP contribution in [-0.2, 0) is 16.0 Å². The van der Waals surface area contributed by atoms with Gasteiger partial charge in [0.05, 0.1) is 19.8 Å². The topological polar surface area (TPSA) is 80.3 Å². The molecule has 0 amide bonds. The molecule has 7 heteroatoms. The Balaban J connectivity index is 1.52. The zero-order valence-electron chi connectivity index (χ0n) is 15.2. The Morgan fingerprint density at radius 1 is 1.00 bits per heavy atom. The van der Waals surface area contributed by atoms with Crippen molar-refractivity contribution in [1.29, 1.82) is 0 Å². The number of fused-ring (bicyclic) bond motifs is 1. The van der Waals surface area contributed by atoms with Crippen LogP contribution in [0.1, 0.15) is 22.3 Å². The molecule has 0 bridgehead atoms. The Morgan fingerprint density at radius 2 is 1.81 bits per heavy atom. The number of Topliss-reactive ketones (excluding diaryl/α,β-unsaturated/α-hetero) is 1. The molecular weight excluding hydrogens is 352 g/mol. The largest absolute Gasteiger partial charge is 0.497 e. The highest BCUT2D eigenvalue weighted by Crippen LogP contribution is 2.32. The Morgan fingerprint density at radius 3 is 2.59 bits per heavy atom. The quantitative estimate of drug-likeness (QED) is 0.521. The number of carbonyl (C=O) groups is 2. The van der Waals surface area contributed by atoms with Gasteiger partial charge in [0.25, 0.3) is 0 Å². The fraction of sp³-hybridized carbons (Fsp3) is 0.300. The first-order valence-corrected chi connectivity index (χ1v) is 8.40. The predicted molar refractivity (Wildman–Crippen MR) is 95.7 cm³/mol. The number of ketones is 1. The maximum Gasteiger partial charge on any atom is 0.306 e. The Labute approximate surface area is 156 Å². The monoisotopic (exact) mass is 372 g/mol. The van der Waals surface area contributed by atoms with Crippen molar-refractivity contribution in [3.05, 3.63) is 47.5 Å². The van der Waals surface area contributed by atoms with Crippen molar-refractivity contribution >= 4 is 11.8 Å². The molecule has 0 aromatic heterocycles. The lowest BCUT2D eigenvalue weighted by atomic mass is 10.1. The molecule has 0 saturated heterocycles. The average Bonchev–Trinajstić information content (AvgIpc) is 3.17. The van der Waals surface area contributed by atoms with E-state index in [9.17, 15) is 9.59 Å². The lowest BCUT2D eigenvalue weighted by molar-refractivity contribution is -0.142. The molecule has 0 spiro atoms. The highest BCUT2D eigenvalue weighted by atomic mass is 16.7. The second-order valence-corrected chi connectivity index (χ2v) is 5.84. The number of aryl methyl sites for hydroxylation is 1. The summed E-state index contributed by atoms with van der Waals surface area (Å²) in [5.74, 6) is 1.47. The van der Waals surface area contributed by atoms with Gasteiger partial charge in [-0.3, -0.25) is 9.59 Å². The summed E-state index contributed by atoms with van der Waals surface area (Å²) >= 11 is 0. The molecule has 0 N–H and O–H groups in total. The van der Waals surface area contributed by atoms with Gasteiger partial charge in [-0.2, -0.15) is 0 Å². The van der Waals surface area contributed by atoms with Gasteiger partial charge in [0.15, 0.2) is 18.1 Å². The molecule has 0 atom stereocenters. The normalized spacial score (nSPS) is 11.8. The van der Waals surface area contributed by atoms with Gasteiger partial charge in [-0.1, -0.05) is 6.07 Å². The van der Waals surface area contributed by atoms with Crippen molar-refractivity contribution in [2.45, 2.75) is 12.8 Å². The number of esters is 1. The summed E-state index contributed by atoms with van der Waals surface area (Å²) in [7, 11) is 2.97. The fourth-order valence-corrected chi connectivity index (χ4v) is 2.67. The van der Waals surface area contributed by atoms with Crippen molar-refractivity contribution in [2.75, 3.05) is 27.6 Å². The van der Waals surface area contributed by atoms with Crippen LogP contribution in [0.4, 0.5) is 0 Å². The Bertz CT molecular complexity index is 844. The second kappa shape index (κ2) is 8.44. The molecule has 142 valence electrons. The molecule has 1 heterocycles. The average molecular weight is 372 g/mol. The number of methoxy groups -OCH3 is 2. The van der Waals surface area contributed by atoms with E-state index in [-0.39, 0.29) is 25.6 Å². The minimum absolute atomic E-state index is 0.155. The molecule has 0 radical (unpaired) electrons. The van der Waals surface area contributed by atoms with Crippen LogP contribution >= 0.6 is 0 Å². The SMILES string of the molecule is COc1ccc(OC)c(C(=O)COC(=O)CCc2ccc3c(c2)OCO3)c1. The second-order valence-electron chi connectivity index (χ2n) is 5.84. The number of hydrogen-bond donors (Lipinski definition) is 0. The minimum atomic E-state index is -0.456. The Kier molecular flexibility index (Phi) is 5.80. The number of benzene rings is 2. The van der Waals surface area contributed by atoms with E-state index in [1.165, 1.54) is 14.2 Å². The summed E-state index contributed by atoms with van der Waals surface area (Å²) in [6.07, 6.45) is 0.633. The first kappa shape index (κ1) is 18.6. The third-order valence-corrected chi connectivity index (χ3v) is 4.13. The summed E-state index contributed by atoms with van der Waals surface area (Å²) in [5, 5.41) is 0. The lowest BCUT2D eigenvalue weighted by Crippen LogP contribution is -2.15. The molecule has 2 aromatic carbocycles. The maximum atomic E-state index is 12.4. The minimum Gasteiger partial charge on any atom is -0.497 e. The summed E-state index contributed by atoms with van der Waals surface area (Å²) in [6.45, 7) is -0.153. The van der Waals surface area contributed by atoms with E-state index in [0.717, 1.165) is 5.56 Å². The number of carbonyl (C=O) groups excluding carboxylic acids is 2.